The number of nitriles is 1. The molecule has 0 bridgehead atoms. The van der Waals surface area contributed by atoms with E-state index in [0.29, 0.717) is 30.0 Å². The molecule has 178 valence electrons. The highest BCUT2D eigenvalue weighted by atomic mass is 16.5. The summed E-state index contributed by atoms with van der Waals surface area (Å²) in [5.41, 5.74) is 5.81. The van der Waals surface area contributed by atoms with Crippen molar-refractivity contribution in [3.05, 3.63) is 75.7 Å². The van der Waals surface area contributed by atoms with Gasteiger partial charge in [0.1, 0.15) is 12.7 Å². The van der Waals surface area contributed by atoms with E-state index >= 15 is 0 Å². The fourth-order valence-electron chi connectivity index (χ4n) is 4.34. The number of aryl methyl sites for hydroxylation is 1. The average molecular weight is 471 g/mol. The van der Waals surface area contributed by atoms with Gasteiger partial charge in [0.2, 0.25) is 5.91 Å². The normalized spacial score (nSPS) is 15.3. The molecule has 9 heteroatoms. The maximum atomic E-state index is 12.6. The molecule has 1 aromatic carbocycles. The van der Waals surface area contributed by atoms with E-state index in [2.05, 4.69) is 26.8 Å². The number of benzene rings is 1. The van der Waals surface area contributed by atoms with E-state index in [1.54, 1.807) is 23.1 Å². The van der Waals surface area contributed by atoms with Crippen molar-refractivity contribution in [3.8, 4) is 11.9 Å². The van der Waals surface area contributed by atoms with Crippen molar-refractivity contribution in [1.82, 2.24) is 25.4 Å². The summed E-state index contributed by atoms with van der Waals surface area (Å²) in [5.74, 6) is 0.515. The number of cyclic esters (lactones) is 1. The van der Waals surface area contributed by atoms with Crippen LogP contribution in [0.3, 0.4) is 0 Å². The fourth-order valence-corrected chi connectivity index (χ4v) is 4.34. The standard InChI is InChI=1S/C26H26N6O3/c1-15-7-24(29-11-19(15)8-27)32-13-17(10-30-32)9-28-12-23(31-25(33)18-3-4-18)20-5-6-21-22(16(20)2)14-35-26(21)34/h5-7,10-11,13,18,23,28H,3-4,9,12,14H2,1-2H3,(H,31,33). The van der Waals surface area contributed by atoms with Gasteiger partial charge in [0.25, 0.3) is 0 Å². The average Bonchev–Trinajstić information content (AvgIpc) is 3.49. The third-order valence-electron chi connectivity index (χ3n) is 6.61. The zero-order chi connectivity index (χ0) is 24.5. The van der Waals surface area contributed by atoms with Gasteiger partial charge in [-0.15, -0.1) is 0 Å². The number of ether oxygens (including phenoxy) is 1. The van der Waals surface area contributed by atoms with Crippen LogP contribution in [-0.2, 0) is 22.7 Å². The van der Waals surface area contributed by atoms with Crippen LogP contribution in [0.2, 0.25) is 0 Å². The summed E-state index contributed by atoms with van der Waals surface area (Å²) in [6.45, 7) is 5.19. The van der Waals surface area contributed by atoms with E-state index < -0.39 is 0 Å². The van der Waals surface area contributed by atoms with Crippen LogP contribution in [0.15, 0.2) is 36.8 Å². The zero-order valence-corrected chi connectivity index (χ0v) is 19.7. The maximum Gasteiger partial charge on any atom is 0.338 e. The lowest BCUT2D eigenvalue weighted by atomic mass is 9.94. The van der Waals surface area contributed by atoms with Crippen LogP contribution in [-0.4, -0.2) is 33.2 Å². The molecule has 2 aromatic heterocycles. The first kappa shape index (κ1) is 22.7. The van der Waals surface area contributed by atoms with Crippen molar-refractivity contribution in [2.75, 3.05) is 6.54 Å². The second-order valence-electron chi connectivity index (χ2n) is 9.11. The zero-order valence-electron chi connectivity index (χ0n) is 19.7. The topological polar surface area (TPSA) is 122 Å². The summed E-state index contributed by atoms with van der Waals surface area (Å²) in [6, 6.07) is 7.42. The molecule has 0 spiro atoms. The van der Waals surface area contributed by atoms with Crippen molar-refractivity contribution >= 4 is 11.9 Å². The number of hydrogen-bond acceptors (Lipinski definition) is 7. The Morgan fingerprint density at radius 2 is 2.14 bits per heavy atom. The molecule has 3 aromatic rings. The monoisotopic (exact) mass is 470 g/mol. The molecule has 1 aliphatic heterocycles. The Kier molecular flexibility index (Phi) is 6.05. The lowest BCUT2D eigenvalue weighted by Gasteiger charge is -2.22. The molecule has 9 nitrogen and oxygen atoms in total. The molecule has 1 amide bonds. The number of nitrogens with zero attached hydrogens (tertiary/aromatic N) is 4. The van der Waals surface area contributed by atoms with E-state index in [4.69, 9.17) is 10.00 Å². The molecule has 1 aliphatic carbocycles. The first-order valence-corrected chi connectivity index (χ1v) is 11.7. The number of carbonyl (C=O) groups excluding carboxylic acids is 2. The third-order valence-corrected chi connectivity index (χ3v) is 6.61. The molecule has 1 unspecified atom stereocenters. The van der Waals surface area contributed by atoms with Crippen LogP contribution in [0.4, 0.5) is 0 Å². The van der Waals surface area contributed by atoms with Gasteiger partial charge in [-0.2, -0.15) is 10.4 Å². The minimum atomic E-state index is -0.296. The van der Waals surface area contributed by atoms with Crippen molar-refractivity contribution in [2.24, 2.45) is 5.92 Å². The highest BCUT2D eigenvalue weighted by Crippen LogP contribution is 2.32. The summed E-state index contributed by atoms with van der Waals surface area (Å²) in [5, 5.41) is 20.1. The Hall–Kier alpha value is -4.03. The molecule has 5 rings (SSSR count). The Bertz CT molecular complexity index is 1350. The lowest BCUT2D eigenvalue weighted by Crippen LogP contribution is -2.36. The smallest absolute Gasteiger partial charge is 0.338 e. The minimum absolute atomic E-state index is 0.0686. The summed E-state index contributed by atoms with van der Waals surface area (Å²) in [4.78, 5) is 28.8. The highest BCUT2D eigenvalue weighted by Gasteiger charge is 2.32. The Labute approximate surface area is 203 Å². The quantitative estimate of drug-likeness (QED) is 0.486. The van der Waals surface area contributed by atoms with Gasteiger partial charge < -0.3 is 15.4 Å². The fraction of sp³-hybridized carbons (Fsp3) is 0.346. The van der Waals surface area contributed by atoms with Crippen LogP contribution in [0.25, 0.3) is 5.82 Å². The molecule has 35 heavy (non-hydrogen) atoms. The van der Waals surface area contributed by atoms with E-state index in [0.717, 1.165) is 40.7 Å². The number of carbonyl (C=O) groups is 2. The molecule has 0 radical (unpaired) electrons. The van der Waals surface area contributed by atoms with Gasteiger partial charge in [0.15, 0.2) is 5.82 Å². The molecule has 2 aliphatic rings. The number of fused-ring (bicyclic) bond motifs is 1. The van der Waals surface area contributed by atoms with Crippen molar-refractivity contribution in [1.29, 1.82) is 5.26 Å². The predicted molar refractivity (Wildman–Crippen MR) is 126 cm³/mol. The van der Waals surface area contributed by atoms with Gasteiger partial charge in [-0.25, -0.2) is 14.5 Å². The number of amides is 1. The maximum absolute atomic E-state index is 12.6. The largest absolute Gasteiger partial charge is 0.457 e. The van der Waals surface area contributed by atoms with Gasteiger partial charge in [-0.3, -0.25) is 4.79 Å². The number of aromatic nitrogens is 3. The van der Waals surface area contributed by atoms with Crippen LogP contribution in [0.5, 0.6) is 0 Å². The van der Waals surface area contributed by atoms with Gasteiger partial charge in [-0.1, -0.05) is 6.07 Å². The van der Waals surface area contributed by atoms with Crippen LogP contribution < -0.4 is 10.6 Å². The summed E-state index contributed by atoms with van der Waals surface area (Å²) >= 11 is 0. The second-order valence-corrected chi connectivity index (χ2v) is 9.11. The number of nitrogens with one attached hydrogen (secondary N) is 2. The highest BCUT2D eigenvalue weighted by molar-refractivity contribution is 5.94. The Morgan fingerprint density at radius 1 is 1.31 bits per heavy atom. The first-order valence-electron chi connectivity index (χ1n) is 11.7. The predicted octanol–water partition coefficient (Wildman–Crippen LogP) is 2.78. The van der Waals surface area contributed by atoms with Gasteiger partial charge >= 0.3 is 5.97 Å². The van der Waals surface area contributed by atoms with Gasteiger partial charge in [0.05, 0.1) is 23.4 Å². The van der Waals surface area contributed by atoms with Gasteiger partial charge in [0, 0.05) is 42.5 Å². The lowest BCUT2D eigenvalue weighted by molar-refractivity contribution is -0.123. The van der Waals surface area contributed by atoms with E-state index in [9.17, 15) is 9.59 Å². The Balaban J connectivity index is 1.29. The number of hydrogen-bond donors (Lipinski definition) is 2. The van der Waals surface area contributed by atoms with Crippen LogP contribution in [0, 0.1) is 31.1 Å². The van der Waals surface area contributed by atoms with Crippen LogP contribution >= 0.6 is 0 Å². The summed E-state index contributed by atoms with van der Waals surface area (Å²) in [7, 11) is 0. The number of pyridine rings is 1. The third kappa shape index (κ3) is 4.66. The first-order chi connectivity index (χ1) is 16.9. The number of esters is 1. The molecular formula is C26H26N6O3. The van der Waals surface area contributed by atoms with Crippen molar-refractivity contribution in [3.63, 3.8) is 0 Å². The molecule has 1 saturated carbocycles. The molecule has 3 heterocycles. The van der Waals surface area contributed by atoms with E-state index in [-0.39, 0.29) is 30.4 Å². The molecular weight excluding hydrogens is 444 g/mol. The number of rotatable bonds is 8. The summed E-state index contributed by atoms with van der Waals surface area (Å²) < 4.78 is 6.87. The second kappa shape index (κ2) is 9.31. The van der Waals surface area contributed by atoms with Gasteiger partial charge in [-0.05, 0) is 55.5 Å². The van der Waals surface area contributed by atoms with Crippen molar-refractivity contribution < 1.29 is 14.3 Å². The molecule has 1 fully saturated rings. The van der Waals surface area contributed by atoms with E-state index in [1.807, 2.05) is 32.2 Å². The minimum Gasteiger partial charge on any atom is -0.457 e. The molecule has 1 atom stereocenters. The Morgan fingerprint density at radius 3 is 2.89 bits per heavy atom. The summed E-state index contributed by atoms with van der Waals surface area (Å²) in [6.07, 6.45) is 7.07. The SMILES string of the molecule is Cc1cc(-n2cc(CNCC(NC(=O)C3CC3)c3ccc4c(c3C)COC4=O)cn2)ncc1C#N. The molecule has 2 N–H and O–H groups in total. The van der Waals surface area contributed by atoms with Crippen LogP contribution in [0.1, 0.15) is 62.6 Å². The van der Waals surface area contributed by atoms with E-state index in [1.165, 1.54) is 0 Å². The van der Waals surface area contributed by atoms with Crippen molar-refractivity contribution in [2.45, 2.75) is 45.9 Å². The molecule has 0 saturated heterocycles.